The van der Waals surface area contributed by atoms with Crippen LogP contribution in [-0.2, 0) is 13.0 Å². The fourth-order valence-electron chi connectivity index (χ4n) is 2.14. The number of hydrogen-bond acceptors (Lipinski definition) is 1. The standard InChI is InChI=1S/C15H20N2O/c1-11(2)7-14-9-15(18)17(16-14)10-13-6-4-5-12(3)8-13/h4-6,8-9,11,16H,7,10H2,1-3H3. The molecule has 0 atom stereocenters. The summed E-state index contributed by atoms with van der Waals surface area (Å²) < 4.78 is 1.67. The minimum absolute atomic E-state index is 0.0483. The Kier molecular flexibility index (Phi) is 3.70. The van der Waals surface area contributed by atoms with Gasteiger partial charge in [0, 0.05) is 11.8 Å². The normalized spacial score (nSPS) is 11.1. The van der Waals surface area contributed by atoms with Gasteiger partial charge in [-0.2, -0.15) is 0 Å². The molecule has 18 heavy (non-hydrogen) atoms. The van der Waals surface area contributed by atoms with Gasteiger partial charge in [0.05, 0.1) is 6.54 Å². The monoisotopic (exact) mass is 244 g/mol. The third kappa shape index (κ3) is 3.13. The molecule has 1 aromatic carbocycles. The van der Waals surface area contributed by atoms with Gasteiger partial charge in [-0.25, -0.2) is 4.68 Å². The Labute approximate surface area is 107 Å². The molecule has 0 amide bonds. The maximum absolute atomic E-state index is 11.8. The number of rotatable bonds is 4. The summed E-state index contributed by atoms with van der Waals surface area (Å²) in [7, 11) is 0. The van der Waals surface area contributed by atoms with Crippen molar-refractivity contribution in [1.29, 1.82) is 0 Å². The van der Waals surface area contributed by atoms with Crippen molar-refractivity contribution in [2.75, 3.05) is 0 Å². The van der Waals surface area contributed by atoms with Crippen LogP contribution in [0, 0.1) is 12.8 Å². The van der Waals surface area contributed by atoms with E-state index in [1.807, 2.05) is 12.1 Å². The summed E-state index contributed by atoms with van der Waals surface area (Å²) in [6, 6.07) is 9.94. The van der Waals surface area contributed by atoms with Crippen LogP contribution < -0.4 is 5.56 Å². The molecule has 0 fully saturated rings. The van der Waals surface area contributed by atoms with Gasteiger partial charge in [0.1, 0.15) is 0 Å². The van der Waals surface area contributed by atoms with Gasteiger partial charge >= 0.3 is 0 Å². The Balaban J connectivity index is 2.19. The summed E-state index contributed by atoms with van der Waals surface area (Å²) in [4.78, 5) is 11.8. The maximum atomic E-state index is 11.8. The highest BCUT2D eigenvalue weighted by molar-refractivity contribution is 5.22. The van der Waals surface area contributed by atoms with E-state index in [1.165, 1.54) is 5.56 Å². The Morgan fingerprint density at radius 3 is 2.72 bits per heavy atom. The van der Waals surface area contributed by atoms with Gasteiger partial charge in [-0.05, 0) is 24.8 Å². The van der Waals surface area contributed by atoms with E-state index in [0.717, 1.165) is 17.7 Å². The number of H-pyrrole nitrogens is 1. The molecule has 3 heteroatoms. The summed E-state index contributed by atoms with van der Waals surface area (Å²) in [5.41, 5.74) is 3.43. The molecule has 2 rings (SSSR count). The second kappa shape index (κ2) is 5.25. The smallest absolute Gasteiger partial charge is 0.267 e. The van der Waals surface area contributed by atoms with Crippen LogP contribution in [0.4, 0.5) is 0 Å². The fourth-order valence-corrected chi connectivity index (χ4v) is 2.14. The van der Waals surface area contributed by atoms with E-state index in [-0.39, 0.29) is 5.56 Å². The van der Waals surface area contributed by atoms with Crippen LogP contribution in [0.2, 0.25) is 0 Å². The molecule has 1 heterocycles. The first kappa shape index (κ1) is 12.7. The van der Waals surface area contributed by atoms with Crippen molar-refractivity contribution in [3.8, 4) is 0 Å². The third-order valence-corrected chi connectivity index (χ3v) is 2.89. The summed E-state index contributed by atoms with van der Waals surface area (Å²) in [6.07, 6.45) is 0.913. The Bertz CT molecular complexity index is 578. The number of aromatic amines is 1. The zero-order chi connectivity index (χ0) is 13.1. The molecule has 0 aliphatic carbocycles. The van der Waals surface area contributed by atoms with Gasteiger partial charge in [0.2, 0.25) is 0 Å². The van der Waals surface area contributed by atoms with Gasteiger partial charge in [-0.1, -0.05) is 43.7 Å². The zero-order valence-corrected chi connectivity index (χ0v) is 11.2. The highest BCUT2D eigenvalue weighted by Gasteiger charge is 2.05. The molecule has 0 aliphatic heterocycles. The highest BCUT2D eigenvalue weighted by atomic mass is 16.1. The molecule has 0 saturated carbocycles. The quantitative estimate of drug-likeness (QED) is 0.882. The molecule has 0 bridgehead atoms. The zero-order valence-electron chi connectivity index (χ0n) is 11.2. The van der Waals surface area contributed by atoms with Gasteiger partial charge in [0.15, 0.2) is 0 Å². The molecule has 1 aromatic heterocycles. The minimum Gasteiger partial charge on any atom is -0.299 e. The average Bonchev–Trinajstić information content (AvgIpc) is 2.58. The van der Waals surface area contributed by atoms with Crippen LogP contribution in [0.3, 0.4) is 0 Å². The van der Waals surface area contributed by atoms with Gasteiger partial charge in [-0.3, -0.25) is 9.89 Å². The van der Waals surface area contributed by atoms with E-state index in [2.05, 4.69) is 38.0 Å². The first-order chi connectivity index (χ1) is 8.54. The maximum Gasteiger partial charge on any atom is 0.267 e. The number of aromatic nitrogens is 2. The first-order valence-electron chi connectivity index (χ1n) is 6.39. The van der Waals surface area contributed by atoms with Crippen molar-refractivity contribution < 1.29 is 0 Å². The van der Waals surface area contributed by atoms with Crippen LogP contribution in [0.15, 0.2) is 35.1 Å². The lowest BCUT2D eigenvalue weighted by molar-refractivity contribution is 0.602. The predicted molar refractivity (Wildman–Crippen MR) is 73.9 cm³/mol. The molecule has 0 unspecified atom stereocenters. The minimum atomic E-state index is 0.0483. The largest absolute Gasteiger partial charge is 0.299 e. The fraction of sp³-hybridized carbons (Fsp3) is 0.400. The highest BCUT2D eigenvalue weighted by Crippen LogP contribution is 2.06. The second-order valence-corrected chi connectivity index (χ2v) is 5.29. The van der Waals surface area contributed by atoms with Gasteiger partial charge in [-0.15, -0.1) is 0 Å². The van der Waals surface area contributed by atoms with E-state index in [1.54, 1.807) is 10.7 Å². The molecule has 3 nitrogen and oxygen atoms in total. The number of benzene rings is 1. The molecule has 0 saturated heterocycles. The van der Waals surface area contributed by atoms with Crippen LogP contribution in [0.5, 0.6) is 0 Å². The van der Waals surface area contributed by atoms with E-state index in [0.29, 0.717) is 12.5 Å². The van der Waals surface area contributed by atoms with E-state index in [9.17, 15) is 4.79 Å². The van der Waals surface area contributed by atoms with Crippen LogP contribution in [-0.4, -0.2) is 9.78 Å². The average molecular weight is 244 g/mol. The van der Waals surface area contributed by atoms with Crippen LogP contribution in [0.25, 0.3) is 0 Å². The summed E-state index contributed by atoms with van der Waals surface area (Å²) >= 11 is 0. The van der Waals surface area contributed by atoms with E-state index in [4.69, 9.17) is 0 Å². The lowest BCUT2D eigenvalue weighted by Crippen LogP contribution is -2.16. The van der Waals surface area contributed by atoms with Crippen molar-refractivity contribution in [3.05, 3.63) is 57.5 Å². The molecular weight excluding hydrogens is 224 g/mol. The molecule has 0 radical (unpaired) electrons. The topological polar surface area (TPSA) is 37.8 Å². The summed E-state index contributed by atoms with van der Waals surface area (Å²) in [5.74, 6) is 0.551. The molecule has 1 N–H and O–H groups in total. The Morgan fingerprint density at radius 1 is 1.28 bits per heavy atom. The van der Waals surface area contributed by atoms with Crippen molar-refractivity contribution in [1.82, 2.24) is 9.78 Å². The number of nitrogens with zero attached hydrogens (tertiary/aromatic N) is 1. The Hall–Kier alpha value is -1.77. The third-order valence-electron chi connectivity index (χ3n) is 2.89. The lowest BCUT2D eigenvalue weighted by atomic mass is 10.1. The van der Waals surface area contributed by atoms with E-state index >= 15 is 0 Å². The molecule has 2 aromatic rings. The van der Waals surface area contributed by atoms with Crippen molar-refractivity contribution >= 4 is 0 Å². The second-order valence-electron chi connectivity index (χ2n) is 5.29. The SMILES string of the molecule is Cc1cccc(Cn2[nH]c(CC(C)C)cc2=O)c1. The molecule has 96 valence electrons. The first-order valence-corrected chi connectivity index (χ1v) is 6.39. The van der Waals surface area contributed by atoms with Crippen molar-refractivity contribution in [2.45, 2.75) is 33.7 Å². The molecule has 0 spiro atoms. The predicted octanol–water partition coefficient (Wildman–Crippen LogP) is 2.73. The summed E-state index contributed by atoms with van der Waals surface area (Å²) in [5, 5.41) is 3.18. The Morgan fingerprint density at radius 2 is 2.06 bits per heavy atom. The van der Waals surface area contributed by atoms with Crippen molar-refractivity contribution in [3.63, 3.8) is 0 Å². The van der Waals surface area contributed by atoms with E-state index < -0.39 is 0 Å². The van der Waals surface area contributed by atoms with Crippen molar-refractivity contribution in [2.24, 2.45) is 5.92 Å². The molecule has 0 aliphatic rings. The number of aryl methyl sites for hydroxylation is 1. The summed E-state index contributed by atoms with van der Waals surface area (Å²) in [6.45, 7) is 6.97. The van der Waals surface area contributed by atoms with Gasteiger partial charge < -0.3 is 0 Å². The number of hydrogen-bond donors (Lipinski definition) is 1. The van der Waals surface area contributed by atoms with Crippen LogP contribution >= 0.6 is 0 Å². The van der Waals surface area contributed by atoms with Crippen LogP contribution in [0.1, 0.15) is 30.7 Å². The number of nitrogens with one attached hydrogen (secondary N) is 1. The lowest BCUT2D eigenvalue weighted by Gasteiger charge is -2.04. The van der Waals surface area contributed by atoms with Gasteiger partial charge in [0.25, 0.3) is 5.56 Å². The molecular formula is C15H20N2O.